The lowest BCUT2D eigenvalue weighted by Crippen LogP contribution is -2.34. The van der Waals surface area contributed by atoms with E-state index < -0.39 is 0 Å². The average Bonchev–Trinajstić information content (AvgIpc) is 3.37. The van der Waals surface area contributed by atoms with Gasteiger partial charge in [0.2, 0.25) is 0 Å². The highest BCUT2D eigenvalue weighted by atomic mass is 16.2. The number of hydrogen-bond acceptors (Lipinski definition) is 2. The van der Waals surface area contributed by atoms with Crippen molar-refractivity contribution in [1.82, 2.24) is 0 Å². The zero-order valence-electron chi connectivity index (χ0n) is 15.5. The Morgan fingerprint density at radius 2 is 0.964 bits per heavy atom. The van der Waals surface area contributed by atoms with Crippen LogP contribution in [-0.2, 0) is 12.8 Å². The second-order valence-corrected chi connectivity index (χ2v) is 7.22. The van der Waals surface area contributed by atoms with Crippen molar-refractivity contribution >= 4 is 23.2 Å². The molecule has 28 heavy (non-hydrogen) atoms. The number of anilines is 2. The predicted molar refractivity (Wildman–Crippen MR) is 110 cm³/mol. The van der Waals surface area contributed by atoms with Crippen molar-refractivity contribution < 1.29 is 9.59 Å². The molecule has 0 aliphatic carbocycles. The van der Waals surface area contributed by atoms with E-state index in [0.717, 1.165) is 24.2 Å². The van der Waals surface area contributed by atoms with Crippen LogP contribution in [0, 0.1) is 0 Å². The predicted octanol–water partition coefficient (Wildman–Crippen LogP) is 4.09. The summed E-state index contributed by atoms with van der Waals surface area (Å²) in [7, 11) is 0. The molecule has 0 atom stereocenters. The summed E-state index contributed by atoms with van der Waals surface area (Å²) in [6.07, 6.45) is 1.69. The van der Waals surface area contributed by atoms with Crippen LogP contribution in [0.4, 0.5) is 11.4 Å². The van der Waals surface area contributed by atoms with Crippen molar-refractivity contribution in [2.45, 2.75) is 12.8 Å². The summed E-state index contributed by atoms with van der Waals surface area (Å²) in [4.78, 5) is 30.3. The van der Waals surface area contributed by atoms with Crippen LogP contribution in [0.5, 0.6) is 0 Å². The molecule has 0 aromatic heterocycles. The number of rotatable bonds is 2. The number of carbonyl (C=O) groups excluding carboxylic acids is 2. The van der Waals surface area contributed by atoms with Crippen molar-refractivity contribution in [2.75, 3.05) is 22.9 Å². The van der Waals surface area contributed by atoms with Gasteiger partial charge in [-0.15, -0.1) is 0 Å². The summed E-state index contributed by atoms with van der Waals surface area (Å²) in [6, 6.07) is 23.1. The molecule has 0 saturated heterocycles. The second kappa shape index (κ2) is 6.64. The molecular weight excluding hydrogens is 348 g/mol. The molecule has 2 aliphatic heterocycles. The molecule has 0 saturated carbocycles. The summed E-state index contributed by atoms with van der Waals surface area (Å²) in [6.45, 7) is 1.29. The first kappa shape index (κ1) is 16.8. The van der Waals surface area contributed by atoms with E-state index in [0.29, 0.717) is 24.2 Å². The van der Waals surface area contributed by atoms with Gasteiger partial charge in [0.1, 0.15) is 0 Å². The van der Waals surface area contributed by atoms with Gasteiger partial charge in [-0.1, -0.05) is 48.5 Å². The first-order valence-electron chi connectivity index (χ1n) is 9.62. The SMILES string of the molecule is O=C(c1ccccc1C(=O)N1CCc2ccccc21)N1CCc2ccccc21. The highest BCUT2D eigenvalue weighted by Gasteiger charge is 2.31. The fraction of sp³-hybridized carbons (Fsp3) is 0.167. The van der Waals surface area contributed by atoms with Gasteiger partial charge < -0.3 is 9.80 Å². The molecular formula is C24H20N2O2. The average molecular weight is 368 g/mol. The summed E-state index contributed by atoms with van der Waals surface area (Å²) < 4.78 is 0. The minimum absolute atomic E-state index is 0.110. The maximum Gasteiger partial charge on any atom is 0.259 e. The van der Waals surface area contributed by atoms with Crippen molar-refractivity contribution in [2.24, 2.45) is 0 Å². The Labute approximate surface area is 164 Å². The number of para-hydroxylation sites is 2. The lowest BCUT2D eigenvalue weighted by molar-refractivity contribution is 0.0956. The van der Waals surface area contributed by atoms with Gasteiger partial charge in [0, 0.05) is 24.5 Å². The standard InChI is InChI=1S/C24H20N2O2/c27-23(25-15-13-17-7-1-5-11-21(17)25)19-9-3-4-10-20(19)24(28)26-16-14-18-8-2-6-12-22(18)26/h1-12H,13-16H2. The van der Waals surface area contributed by atoms with Gasteiger partial charge in [-0.05, 0) is 48.2 Å². The number of benzene rings is 3. The molecule has 2 heterocycles. The van der Waals surface area contributed by atoms with Crippen LogP contribution in [-0.4, -0.2) is 24.9 Å². The molecule has 2 amide bonds. The van der Waals surface area contributed by atoms with Crippen LogP contribution in [0.2, 0.25) is 0 Å². The lowest BCUT2D eigenvalue weighted by atomic mass is 10.0. The second-order valence-electron chi connectivity index (χ2n) is 7.22. The van der Waals surface area contributed by atoms with E-state index in [2.05, 4.69) is 12.1 Å². The summed E-state index contributed by atoms with van der Waals surface area (Å²) in [5.41, 5.74) is 5.17. The van der Waals surface area contributed by atoms with Gasteiger partial charge in [-0.2, -0.15) is 0 Å². The molecule has 0 N–H and O–H groups in total. The van der Waals surface area contributed by atoms with Gasteiger partial charge >= 0.3 is 0 Å². The number of amides is 2. The monoisotopic (exact) mass is 368 g/mol. The normalized spacial score (nSPS) is 14.7. The highest BCUT2D eigenvalue weighted by molar-refractivity contribution is 6.17. The van der Waals surface area contributed by atoms with E-state index in [9.17, 15) is 9.59 Å². The number of carbonyl (C=O) groups is 2. The molecule has 0 radical (unpaired) electrons. The molecule has 3 aromatic carbocycles. The zero-order valence-corrected chi connectivity index (χ0v) is 15.5. The molecule has 0 bridgehead atoms. The Balaban J connectivity index is 1.50. The molecule has 4 heteroatoms. The van der Waals surface area contributed by atoms with E-state index in [1.807, 2.05) is 48.5 Å². The fourth-order valence-electron chi connectivity index (χ4n) is 4.25. The Morgan fingerprint density at radius 1 is 0.571 bits per heavy atom. The molecule has 5 rings (SSSR count). The van der Waals surface area contributed by atoms with Crippen LogP contribution in [0.3, 0.4) is 0 Å². The molecule has 0 fully saturated rings. The van der Waals surface area contributed by atoms with Gasteiger partial charge in [0.05, 0.1) is 11.1 Å². The van der Waals surface area contributed by atoms with Gasteiger partial charge in [0.15, 0.2) is 0 Å². The topological polar surface area (TPSA) is 40.6 Å². The van der Waals surface area contributed by atoms with Crippen LogP contribution in [0.1, 0.15) is 31.8 Å². The van der Waals surface area contributed by atoms with Crippen molar-refractivity contribution in [3.63, 3.8) is 0 Å². The van der Waals surface area contributed by atoms with Crippen LogP contribution in [0.25, 0.3) is 0 Å². The number of hydrogen-bond donors (Lipinski definition) is 0. The summed E-state index contributed by atoms with van der Waals surface area (Å²) in [5.74, 6) is -0.220. The maximum absolute atomic E-state index is 13.4. The van der Waals surface area contributed by atoms with E-state index in [1.165, 1.54) is 11.1 Å². The van der Waals surface area contributed by atoms with E-state index in [1.54, 1.807) is 21.9 Å². The third-order valence-electron chi connectivity index (χ3n) is 5.65. The minimum atomic E-state index is -0.110. The lowest BCUT2D eigenvalue weighted by Gasteiger charge is -2.22. The van der Waals surface area contributed by atoms with E-state index in [4.69, 9.17) is 0 Å². The third kappa shape index (κ3) is 2.61. The quantitative estimate of drug-likeness (QED) is 0.683. The maximum atomic E-state index is 13.4. The van der Waals surface area contributed by atoms with Gasteiger partial charge in [0.25, 0.3) is 11.8 Å². The first-order valence-corrected chi connectivity index (χ1v) is 9.62. The molecule has 2 aliphatic rings. The minimum Gasteiger partial charge on any atom is -0.308 e. The van der Waals surface area contributed by atoms with Gasteiger partial charge in [-0.3, -0.25) is 9.59 Å². The Morgan fingerprint density at radius 3 is 1.43 bits per heavy atom. The Kier molecular flexibility index (Phi) is 3.97. The van der Waals surface area contributed by atoms with E-state index >= 15 is 0 Å². The summed E-state index contributed by atoms with van der Waals surface area (Å²) >= 11 is 0. The van der Waals surface area contributed by atoms with Crippen molar-refractivity contribution in [3.8, 4) is 0 Å². The highest BCUT2D eigenvalue weighted by Crippen LogP contribution is 2.32. The number of nitrogens with zero attached hydrogens (tertiary/aromatic N) is 2. The molecule has 3 aromatic rings. The fourth-order valence-corrected chi connectivity index (χ4v) is 4.25. The largest absolute Gasteiger partial charge is 0.308 e. The smallest absolute Gasteiger partial charge is 0.259 e. The van der Waals surface area contributed by atoms with Crippen LogP contribution < -0.4 is 9.80 Å². The Bertz CT molecular complexity index is 1000. The van der Waals surface area contributed by atoms with Gasteiger partial charge in [-0.25, -0.2) is 0 Å². The zero-order chi connectivity index (χ0) is 19.1. The van der Waals surface area contributed by atoms with E-state index in [-0.39, 0.29) is 11.8 Å². The third-order valence-corrected chi connectivity index (χ3v) is 5.65. The first-order chi connectivity index (χ1) is 13.7. The van der Waals surface area contributed by atoms with Crippen molar-refractivity contribution in [3.05, 3.63) is 95.1 Å². The Hall–Kier alpha value is -3.40. The van der Waals surface area contributed by atoms with Crippen LogP contribution in [0.15, 0.2) is 72.8 Å². The molecule has 0 unspecified atom stereocenters. The molecule has 138 valence electrons. The van der Waals surface area contributed by atoms with Crippen molar-refractivity contribution in [1.29, 1.82) is 0 Å². The number of fused-ring (bicyclic) bond motifs is 2. The molecule has 0 spiro atoms. The summed E-state index contributed by atoms with van der Waals surface area (Å²) in [5, 5.41) is 0. The molecule has 4 nitrogen and oxygen atoms in total. The van der Waals surface area contributed by atoms with Crippen LogP contribution >= 0.6 is 0 Å².